The number of nitrogens with zero attached hydrogens (tertiary/aromatic N) is 2. The highest BCUT2D eigenvalue weighted by Gasteiger charge is 2.57. The summed E-state index contributed by atoms with van der Waals surface area (Å²) in [6.07, 6.45) is 5.82. The van der Waals surface area contributed by atoms with Crippen LogP contribution in [0.15, 0.2) is 30.4 Å². The second kappa shape index (κ2) is 5.15. The molecular weight excluding hydrogens is 312 g/mol. The number of methoxy groups -OCH3 is 1. The van der Waals surface area contributed by atoms with E-state index < -0.39 is 4.92 Å². The molecule has 7 nitrogen and oxygen atoms in total. The average Bonchev–Trinajstić information content (AvgIpc) is 2.88. The van der Waals surface area contributed by atoms with Crippen molar-refractivity contribution in [2.24, 2.45) is 23.7 Å². The topological polar surface area (TPSA) is 89.8 Å². The molecule has 4 atom stereocenters. The molecule has 3 aliphatic carbocycles. The number of nitro benzene ring substituents is 1. The van der Waals surface area contributed by atoms with E-state index >= 15 is 0 Å². The summed E-state index contributed by atoms with van der Waals surface area (Å²) < 4.78 is 5.01. The maximum absolute atomic E-state index is 12.9. The second-order valence-corrected chi connectivity index (χ2v) is 6.47. The Labute approximate surface area is 138 Å². The molecule has 1 saturated heterocycles. The zero-order valence-electron chi connectivity index (χ0n) is 13.0. The number of carbonyl (C=O) groups excluding carboxylic acids is 2. The molecule has 0 unspecified atom stereocenters. The molecule has 1 saturated carbocycles. The lowest BCUT2D eigenvalue weighted by Gasteiger charge is -2.38. The van der Waals surface area contributed by atoms with Crippen molar-refractivity contribution in [2.45, 2.75) is 12.8 Å². The minimum Gasteiger partial charge on any atom is -0.496 e. The van der Waals surface area contributed by atoms with Crippen molar-refractivity contribution in [3.63, 3.8) is 0 Å². The first-order valence-corrected chi connectivity index (χ1v) is 7.91. The van der Waals surface area contributed by atoms with Gasteiger partial charge in [-0.2, -0.15) is 0 Å². The molecule has 1 aromatic rings. The largest absolute Gasteiger partial charge is 0.496 e. The fraction of sp³-hybridized carbons (Fsp3) is 0.412. The first kappa shape index (κ1) is 14.9. The van der Waals surface area contributed by atoms with E-state index in [1.165, 1.54) is 25.3 Å². The lowest BCUT2D eigenvalue weighted by Crippen LogP contribution is -2.38. The smallest absolute Gasteiger partial charge is 0.297 e. The summed E-state index contributed by atoms with van der Waals surface area (Å²) in [6.45, 7) is 0. The summed E-state index contributed by atoms with van der Waals surface area (Å²) in [5, 5.41) is 11.4. The van der Waals surface area contributed by atoms with E-state index in [0.29, 0.717) is 5.75 Å². The standard InChI is InChI=1S/C17H16N2O5/c1-24-11-6-7-12(13(8-11)19(22)23)18-16(20)14-9-2-3-10(5-4-9)15(14)17(18)21/h2-3,6-10,14-15H,4-5H2,1H3/t9-,10-,14-,15+/m1/s1. The van der Waals surface area contributed by atoms with E-state index in [1.54, 1.807) is 0 Å². The van der Waals surface area contributed by atoms with Crippen molar-refractivity contribution in [3.8, 4) is 5.75 Å². The molecule has 0 spiro atoms. The van der Waals surface area contributed by atoms with E-state index in [4.69, 9.17) is 4.74 Å². The van der Waals surface area contributed by atoms with Crippen LogP contribution in [0.4, 0.5) is 11.4 Å². The first-order chi connectivity index (χ1) is 11.5. The Kier molecular flexibility index (Phi) is 3.19. The van der Waals surface area contributed by atoms with Gasteiger partial charge in [-0.15, -0.1) is 0 Å². The van der Waals surface area contributed by atoms with Gasteiger partial charge in [-0.05, 0) is 36.8 Å². The summed E-state index contributed by atoms with van der Waals surface area (Å²) in [7, 11) is 1.41. The first-order valence-electron chi connectivity index (χ1n) is 7.91. The van der Waals surface area contributed by atoms with E-state index in [0.717, 1.165) is 17.7 Å². The van der Waals surface area contributed by atoms with E-state index in [1.807, 2.05) is 12.2 Å². The third kappa shape index (κ3) is 1.90. The predicted molar refractivity (Wildman–Crippen MR) is 84.5 cm³/mol. The van der Waals surface area contributed by atoms with Gasteiger partial charge in [0.1, 0.15) is 11.4 Å². The van der Waals surface area contributed by atoms with Crippen LogP contribution in [0.3, 0.4) is 0 Å². The summed E-state index contributed by atoms with van der Waals surface area (Å²) in [4.78, 5) is 37.6. The predicted octanol–water partition coefficient (Wildman–Crippen LogP) is 2.30. The minimum absolute atomic E-state index is 0.0320. The van der Waals surface area contributed by atoms with Crippen molar-refractivity contribution in [1.82, 2.24) is 0 Å². The number of allylic oxidation sites excluding steroid dienone is 2. The van der Waals surface area contributed by atoms with Crippen molar-refractivity contribution in [2.75, 3.05) is 12.0 Å². The van der Waals surface area contributed by atoms with Gasteiger partial charge in [-0.1, -0.05) is 12.2 Å². The summed E-state index contributed by atoms with van der Waals surface area (Å²) >= 11 is 0. The quantitative estimate of drug-likeness (QED) is 0.367. The number of rotatable bonds is 3. The zero-order valence-corrected chi connectivity index (χ0v) is 13.0. The van der Waals surface area contributed by atoms with Crippen LogP contribution < -0.4 is 9.64 Å². The van der Waals surface area contributed by atoms with Gasteiger partial charge in [-0.25, -0.2) is 4.90 Å². The van der Waals surface area contributed by atoms with Crippen LogP contribution in [-0.4, -0.2) is 23.8 Å². The third-order valence-corrected chi connectivity index (χ3v) is 5.38. The van der Waals surface area contributed by atoms with E-state index in [-0.39, 0.29) is 46.9 Å². The molecule has 0 aromatic heterocycles. The fourth-order valence-corrected chi connectivity index (χ4v) is 4.28. The van der Waals surface area contributed by atoms with Crippen LogP contribution in [-0.2, 0) is 9.59 Å². The monoisotopic (exact) mass is 328 g/mol. The molecule has 7 heteroatoms. The number of carbonyl (C=O) groups is 2. The number of benzene rings is 1. The summed E-state index contributed by atoms with van der Waals surface area (Å²) in [6, 6.07) is 4.18. The van der Waals surface area contributed by atoms with Crippen LogP contribution in [0.2, 0.25) is 0 Å². The molecule has 4 aliphatic rings. The Morgan fingerprint density at radius 2 is 1.71 bits per heavy atom. The van der Waals surface area contributed by atoms with Crippen molar-refractivity contribution in [3.05, 3.63) is 40.5 Å². The van der Waals surface area contributed by atoms with Crippen molar-refractivity contribution >= 4 is 23.2 Å². The summed E-state index contributed by atoms with van der Waals surface area (Å²) in [5.74, 6) is -0.998. The third-order valence-electron chi connectivity index (χ3n) is 5.38. The normalized spacial score (nSPS) is 30.6. The maximum atomic E-state index is 12.9. The fourth-order valence-electron chi connectivity index (χ4n) is 4.28. The number of amides is 2. The van der Waals surface area contributed by atoms with Gasteiger partial charge >= 0.3 is 0 Å². The van der Waals surface area contributed by atoms with Crippen LogP contribution in [0.1, 0.15) is 12.8 Å². The molecule has 0 N–H and O–H groups in total. The van der Waals surface area contributed by atoms with Crippen LogP contribution in [0.5, 0.6) is 5.75 Å². The molecule has 1 aromatic carbocycles. The second-order valence-electron chi connectivity index (χ2n) is 6.47. The Morgan fingerprint density at radius 3 is 2.17 bits per heavy atom. The zero-order chi connectivity index (χ0) is 17.0. The van der Waals surface area contributed by atoms with Crippen LogP contribution in [0.25, 0.3) is 0 Å². The van der Waals surface area contributed by atoms with Crippen molar-refractivity contribution < 1.29 is 19.2 Å². The van der Waals surface area contributed by atoms with Gasteiger partial charge in [0.2, 0.25) is 11.8 Å². The Hall–Kier alpha value is -2.70. The van der Waals surface area contributed by atoms with Gasteiger partial charge in [0.15, 0.2) is 0 Å². The lowest BCUT2D eigenvalue weighted by molar-refractivity contribution is -0.384. The number of nitro groups is 1. The Morgan fingerprint density at radius 1 is 1.12 bits per heavy atom. The van der Waals surface area contributed by atoms with Crippen LogP contribution >= 0.6 is 0 Å². The minimum atomic E-state index is -0.590. The lowest BCUT2D eigenvalue weighted by atomic mass is 9.63. The van der Waals surface area contributed by atoms with Gasteiger partial charge in [0.05, 0.1) is 29.9 Å². The molecule has 2 amide bonds. The molecule has 1 aliphatic heterocycles. The van der Waals surface area contributed by atoms with Gasteiger partial charge in [0.25, 0.3) is 5.69 Å². The van der Waals surface area contributed by atoms with Crippen LogP contribution in [0, 0.1) is 33.8 Å². The number of imide groups is 1. The van der Waals surface area contributed by atoms with Gasteiger partial charge in [-0.3, -0.25) is 19.7 Å². The van der Waals surface area contributed by atoms with Gasteiger partial charge < -0.3 is 4.74 Å². The number of hydrogen-bond acceptors (Lipinski definition) is 5. The molecule has 2 bridgehead atoms. The van der Waals surface area contributed by atoms with E-state index in [2.05, 4.69) is 0 Å². The molecule has 24 heavy (non-hydrogen) atoms. The highest BCUT2D eigenvalue weighted by atomic mass is 16.6. The molecule has 5 rings (SSSR count). The SMILES string of the molecule is COc1ccc(N2C(=O)[C@@H]3[C@H](C2=O)[C@@H]2C=C[C@@H]3CC2)c([N+](=O)[O-])c1. The molecular formula is C17H16N2O5. The maximum Gasteiger partial charge on any atom is 0.297 e. The van der Waals surface area contributed by atoms with Gasteiger partial charge in [0, 0.05) is 0 Å². The highest BCUT2D eigenvalue weighted by molar-refractivity contribution is 6.23. The average molecular weight is 328 g/mol. The van der Waals surface area contributed by atoms with Crippen molar-refractivity contribution in [1.29, 1.82) is 0 Å². The number of ether oxygens (including phenoxy) is 1. The number of hydrogen-bond donors (Lipinski definition) is 0. The molecule has 1 heterocycles. The highest BCUT2D eigenvalue weighted by Crippen LogP contribution is 2.51. The number of fused-ring (bicyclic) bond motifs is 1. The molecule has 0 radical (unpaired) electrons. The van der Waals surface area contributed by atoms with E-state index in [9.17, 15) is 19.7 Å². The Balaban J connectivity index is 1.80. The molecule has 2 fully saturated rings. The number of anilines is 1. The Bertz CT molecular complexity index is 755. The summed E-state index contributed by atoms with van der Waals surface area (Å²) in [5.41, 5.74) is -0.264. The molecule has 124 valence electrons.